The zero-order valence-electron chi connectivity index (χ0n) is 15.9. The predicted octanol–water partition coefficient (Wildman–Crippen LogP) is 4.70. The minimum absolute atomic E-state index is 0.187. The molecule has 0 atom stereocenters. The summed E-state index contributed by atoms with van der Waals surface area (Å²) in [5.41, 5.74) is 4.75. The van der Waals surface area contributed by atoms with Crippen molar-refractivity contribution >= 4 is 34.4 Å². The molecule has 0 spiro atoms. The molecule has 0 saturated carbocycles. The third-order valence-electron chi connectivity index (χ3n) is 4.26. The Labute approximate surface area is 172 Å². The van der Waals surface area contributed by atoms with Crippen LogP contribution in [-0.2, 0) is 4.79 Å². The highest BCUT2D eigenvalue weighted by molar-refractivity contribution is 6.31. The number of pyridine rings is 3. The maximum absolute atomic E-state index is 11.4. The highest BCUT2D eigenvalue weighted by Gasteiger charge is 2.18. The van der Waals surface area contributed by atoms with Gasteiger partial charge in [0.15, 0.2) is 0 Å². The fraction of sp³-hybridized carbons (Fsp3) is 0.143. The maximum atomic E-state index is 11.4. The van der Waals surface area contributed by atoms with E-state index >= 15 is 0 Å². The maximum Gasteiger partial charge on any atom is 0.222 e. The Balaban J connectivity index is 1.90. The van der Waals surface area contributed by atoms with Gasteiger partial charge in [-0.2, -0.15) is 0 Å². The lowest BCUT2D eigenvalue weighted by atomic mass is 10.0. The van der Waals surface area contributed by atoms with Gasteiger partial charge in [0.25, 0.3) is 0 Å². The van der Waals surface area contributed by atoms with Crippen LogP contribution >= 0.6 is 11.6 Å². The number of carbonyl (C=O) groups is 1. The van der Waals surface area contributed by atoms with E-state index < -0.39 is 0 Å². The van der Waals surface area contributed by atoms with E-state index in [-0.39, 0.29) is 5.91 Å². The van der Waals surface area contributed by atoms with E-state index in [1.54, 1.807) is 24.7 Å². The average molecular weight is 408 g/mol. The molecule has 0 aliphatic carbocycles. The number of hydrogen-bond acceptors (Lipinski definition) is 5. The van der Waals surface area contributed by atoms with Crippen LogP contribution < -0.4 is 10.1 Å². The number of amides is 1. The number of fused-ring (bicyclic) bond motifs is 1. The van der Waals surface area contributed by atoms with Crippen LogP contribution in [-0.4, -0.2) is 32.4 Å². The monoisotopic (exact) mass is 407 g/mol. The molecular weight excluding hydrogens is 390 g/mol. The normalized spacial score (nSPS) is 10.9. The topological polar surface area (TPSA) is 92.8 Å². The minimum atomic E-state index is -0.187. The van der Waals surface area contributed by atoms with Crippen molar-refractivity contribution in [2.24, 2.45) is 0 Å². The zero-order valence-corrected chi connectivity index (χ0v) is 16.6. The lowest BCUT2D eigenvalue weighted by Crippen LogP contribution is -2.07. The fourth-order valence-electron chi connectivity index (χ4n) is 3.13. The molecule has 4 aromatic heterocycles. The van der Waals surface area contributed by atoms with Crippen LogP contribution in [0, 0.1) is 0 Å². The zero-order chi connectivity index (χ0) is 20.4. The Morgan fingerprint density at radius 2 is 2.03 bits per heavy atom. The third kappa shape index (κ3) is 3.90. The minimum Gasteiger partial charge on any atom is -0.492 e. The molecular formula is C21H18ClN5O2. The van der Waals surface area contributed by atoms with Gasteiger partial charge in [0.1, 0.15) is 11.6 Å². The number of anilines is 1. The summed E-state index contributed by atoms with van der Waals surface area (Å²) in [5, 5.41) is 3.24. The molecule has 0 radical (unpaired) electrons. The molecule has 8 heteroatoms. The first-order valence-electron chi connectivity index (χ1n) is 9.05. The van der Waals surface area contributed by atoms with Gasteiger partial charge in [0.05, 0.1) is 45.8 Å². The van der Waals surface area contributed by atoms with Crippen molar-refractivity contribution in [1.29, 1.82) is 0 Å². The van der Waals surface area contributed by atoms with Crippen LogP contribution in [0.4, 0.5) is 5.82 Å². The number of aromatic amines is 1. The van der Waals surface area contributed by atoms with Gasteiger partial charge in [-0.25, -0.2) is 4.98 Å². The van der Waals surface area contributed by atoms with Crippen molar-refractivity contribution < 1.29 is 9.53 Å². The molecule has 0 aromatic carbocycles. The second-order valence-electron chi connectivity index (χ2n) is 6.35. The highest BCUT2D eigenvalue weighted by Crippen LogP contribution is 2.37. The number of carbonyl (C=O) groups excluding carboxylic acids is 1. The van der Waals surface area contributed by atoms with Crippen LogP contribution in [0.25, 0.3) is 33.5 Å². The number of nitrogens with zero attached hydrogens (tertiary/aromatic N) is 3. The Hall–Kier alpha value is -3.45. The molecule has 0 bridgehead atoms. The Morgan fingerprint density at radius 1 is 1.17 bits per heavy atom. The predicted molar refractivity (Wildman–Crippen MR) is 113 cm³/mol. The summed E-state index contributed by atoms with van der Waals surface area (Å²) in [6.45, 7) is 3.94. The first-order valence-corrected chi connectivity index (χ1v) is 9.43. The van der Waals surface area contributed by atoms with Gasteiger partial charge in [-0.15, -0.1) is 0 Å². The van der Waals surface area contributed by atoms with E-state index in [2.05, 4.69) is 25.3 Å². The van der Waals surface area contributed by atoms with Crippen LogP contribution in [0.1, 0.15) is 13.8 Å². The Morgan fingerprint density at radius 3 is 2.76 bits per heavy atom. The van der Waals surface area contributed by atoms with Gasteiger partial charge < -0.3 is 15.0 Å². The SMILES string of the molecule is CCOc1ccc(-c2c(-c3ccnc(NC(C)=O)c3)[nH]c3cc(Cl)cnc23)nc1. The summed E-state index contributed by atoms with van der Waals surface area (Å²) in [6.07, 6.45) is 4.93. The van der Waals surface area contributed by atoms with E-state index in [9.17, 15) is 4.79 Å². The standard InChI is InChI=1S/C21H18ClN5O2/c1-3-29-15-4-5-16(24-11-15)19-20(27-17-9-14(22)10-25-21(17)19)13-6-7-23-18(8-13)26-12(2)28/h4-11,27H,3H2,1-2H3,(H,23,26,28). The number of aromatic nitrogens is 4. The molecule has 0 unspecified atom stereocenters. The number of halogens is 1. The molecule has 2 N–H and O–H groups in total. The first-order chi connectivity index (χ1) is 14.0. The number of rotatable bonds is 5. The van der Waals surface area contributed by atoms with Crippen molar-refractivity contribution in [1.82, 2.24) is 19.9 Å². The van der Waals surface area contributed by atoms with E-state index in [1.807, 2.05) is 31.2 Å². The van der Waals surface area contributed by atoms with Crippen LogP contribution in [0.3, 0.4) is 0 Å². The number of hydrogen-bond donors (Lipinski definition) is 2. The summed E-state index contributed by atoms with van der Waals surface area (Å²) in [7, 11) is 0. The highest BCUT2D eigenvalue weighted by atomic mass is 35.5. The summed E-state index contributed by atoms with van der Waals surface area (Å²) < 4.78 is 5.50. The lowest BCUT2D eigenvalue weighted by molar-refractivity contribution is -0.114. The van der Waals surface area contributed by atoms with E-state index in [0.717, 1.165) is 33.5 Å². The van der Waals surface area contributed by atoms with Crippen molar-refractivity contribution in [2.75, 3.05) is 11.9 Å². The van der Waals surface area contributed by atoms with Gasteiger partial charge in [0, 0.05) is 24.9 Å². The molecule has 4 aromatic rings. The van der Waals surface area contributed by atoms with Crippen molar-refractivity contribution in [3.63, 3.8) is 0 Å². The summed E-state index contributed by atoms with van der Waals surface area (Å²) in [6, 6.07) is 9.24. The molecule has 0 aliphatic rings. The van der Waals surface area contributed by atoms with Gasteiger partial charge in [-0.1, -0.05) is 11.6 Å². The molecule has 0 saturated heterocycles. The summed E-state index contributed by atoms with van der Waals surface area (Å²) >= 11 is 6.14. The van der Waals surface area contributed by atoms with E-state index in [4.69, 9.17) is 16.3 Å². The molecule has 4 heterocycles. The quantitative estimate of drug-likeness (QED) is 0.500. The molecule has 0 fully saturated rings. The lowest BCUT2D eigenvalue weighted by Gasteiger charge is -2.08. The molecule has 29 heavy (non-hydrogen) atoms. The Kier molecular flexibility index (Phi) is 5.14. The largest absolute Gasteiger partial charge is 0.492 e. The number of nitrogens with one attached hydrogen (secondary N) is 2. The average Bonchev–Trinajstić information content (AvgIpc) is 3.07. The molecule has 0 aliphatic heterocycles. The van der Waals surface area contributed by atoms with Gasteiger partial charge in [-0.05, 0) is 37.3 Å². The molecule has 7 nitrogen and oxygen atoms in total. The smallest absolute Gasteiger partial charge is 0.222 e. The summed E-state index contributed by atoms with van der Waals surface area (Å²) in [5.74, 6) is 0.976. The van der Waals surface area contributed by atoms with Gasteiger partial charge in [-0.3, -0.25) is 14.8 Å². The number of ether oxygens (including phenoxy) is 1. The second kappa shape index (κ2) is 7.89. The molecule has 1 amide bonds. The summed E-state index contributed by atoms with van der Waals surface area (Å²) in [4.78, 5) is 28.1. The first kappa shape index (κ1) is 18.9. The van der Waals surface area contributed by atoms with Crippen molar-refractivity contribution in [3.8, 4) is 28.3 Å². The van der Waals surface area contributed by atoms with Crippen LogP contribution in [0.2, 0.25) is 5.02 Å². The van der Waals surface area contributed by atoms with Crippen molar-refractivity contribution in [2.45, 2.75) is 13.8 Å². The van der Waals surface area contributed by atoms with Crippen LogP contribution in [0.5, 0.6) is 5.75 Å². The van der Waals surface area contributed by atoms with Crippen molar-refractivity contribution in [3.05, 3.63) is 53.9 Å². The van der Waals surface area contributed by atoms with E-state index in [0.29, 0.717) is 23.2 Å². The third-order valence-corrected chi connectivity index (χ3v) is 4.46. The Bertz CT molecular complexity index is 1190. The van der Waals surface area contributed by atoms with Crippen LogP contribution in [0.15, 0.2) is 48.9 Å². The number of H-pyrrole nitrogens is 1. The fourth-order valence-corrected chi connectivity index (χ4v) is 3.29. The molecule has 4 rings (SSSR count). The molecule has 146 valence electrons. The van der Waals surface area contributed by atoms with Gasteiger partial charge in [0.2, 0.25) is 5.91 Å². The van der Waals surface area contributed by atoms with Gasteiger partial charge >= 0.3 is 0 Å². The van der Waals surface area contributed by atoms with E-state index in [1.165, 1.54) is 6.92 Å². The second-order valence-corrected chi connectivity index (χ2v) is 6.78.